The molecule has 1 unspecified atom stereocenters. The van der Waals surface area contributed by atoms with E-state index in [9.17, 15) is 30.0 Å². The molecule has 2 aromatic rings. The van der Waals surface area contributed by atoms with Crippen molar-refractivity contribution in [2.24, 2.45) is 0 Å². The molecule has 0 spiro atoms. The minimum absolute atomic E-state index is 0.0314. The van der Waals surface area contributed by atoms with Gasteiger partial charge in [0.15, 0.2) is 0 Å². The van der Waals surface area contributed by atoms with Gasteiger partial charge in [-0.25, -0.2) is 21.6 Å². The van der Waals surface area contributed by atoms with E-state index in [-0.39, 0.29) is 42.0 Å². The fourth-order valence-corrected chi connectivity index (χ4v) is 6.17. The zero-order valence-electron chi connectivity index (χ0n) is 18.2. The quantitative estimate of drug-likeness (QED) is 0.624. The van der Waals surface area contributed by atoms with Gasteiger partial charge in [0.25, 0.3) is 0 Å². The Morgan fingerprint density at radius 1 is 0.939 bits per heavy atom. The van der Waals surface area contributed by atoms with Crippen LogP contribution in [0.15, 0.2) is 58.3 Å². The van der Waals surface area contributed by atoms with E-state index < -0.39 is 31.8 Å². The van der Waals surface area contributed by atoms with Gasteiger partial charge < -0.3 is 4.90 Å². The summed E-state index contributed by atoms with van der Waals surface area (Å²) in [6.45, 7) is 4.21. The summed E-state index contributed by atoms with van der Waals surface area (Å²) in [5, 5.41) is 0. The van der Waals surface area contributed by atoms with Gasteiger partial charge in [-0.2, -0.15) is 17.5 Å². The molecule has 1 fully saturated rings. The Balaban J connectivity index is 1.70. The molecule has 0 amide bonds. The van der Waals surface area contributed by atoms with Gasteiger partial charge in [-0.05, 0) is 55.8 Å². The van der Waals surface area contributed by atoms with Crippen LogP contribution >= 0.6 is 0 Å². The minimum Gasteiger partial charge on any atom is -0.369 e. The highest BCUT2D eigenvalue weighted by atomic mass is 32.2. The molecule has 1 N–H and O–H groups in total. The number of alkyl halides is 3. The second-order valence-corrected chi connectivity index (χ2v) is 11.5. The van der Waals surface area contributed by atoms with Gasteiger partial charge in [0, 0.05) is 37.9 Å². The lowest BCUT2D eigenvalue weighted by molar-refractivity contribution is -0.137. The maximum absolute atomic E-state index is 13.0. The van der Waals surface area contributed by atoms with Crippen LogP contribution in [0.1, 0.15) is 25.8 Å². The Morgan fingerprint density at radius 3 is 2.06 bits per heavy atom. The van der Waals surface area contributed by atoms with Gasteiger partial charge in [-0.15, -0.1) is 0 Å². The van der Waals surface area contributed by atoms with Crippen molar-refractivity contribution in [1.82, 2.24) is 9.03 Å². The van der Waals surface area contributed by atoms with E-state index in [0.717, 1.165) is 12.1 Å². The monoisotopic (exact) mass is 505 g/mol. The third kappa shape index (κ3) is 5.86. The van der Waals surface area contributed by atoms with E-state index in [1.54, 1.807) is 17.9 Å². The molecule has 1 aliphatic rings. The molecule has 3 rings (SSSR count). The van der Waals surface area contributed by atoms with Gasteiger partial charge in [-0.1, -0.05) is 13.0 Å². The molecule has 1 saturated heterocycles. The zero-order valence-corrected chi connectivity index (χ0v) is 19.8. The topological polar surface area (TPSA) is 86.8 Å². The van der Waals surface area contributed by atoms with Gasteiger partial charge in [0.05, 0.1) is 15.4 Å². The summed E-state index contributed by atoms with van der Waals surface area (Å²) in [7, 11) is -7.63. The van der Waals surface area contributed by atoms with E-state index in [4.69, 9.17) is 0 Å². The first-order valence-corrected chi connectivity index (χ1v) is 13.3. The number of nitrogens with one attached hydrogen (secondary N) is 1. The molecule has 12 heteroatoms. The van der Waals surface area contributed by atoms with Crippen molar-refractivity contribution in [1.29, 1.82) is 0 Å². The molecule has 0 aromatic heterocycles. The Kier molecular flexibility index (Phi) is 7.42. The third-order valence-corrected chi connectivity index (χ3v) is 9.04. The second-order valence-electron chi connectivity index (χ2n) is 7.84. The van der Waals surface area contributed by atoms with Crippen LogP contribution < -0.4 is 9.62 Å². The number of rotatable bonds is 7. The number of nitrogens with zero attached hydrogens (tertiary/aromatic N) is 2. The number of hydrogen-bond acceptors (Lipinski definition) is 5. The fourth-order valence-electron chi connectivity index (χ4n) is 3.42. The van der Waals surface area contributed by atoms with Crippen LogP contribution in [0, 0.1) is 0 Å². The lowest BCUT2D eigenvalue weighted by Gasteiger charge is -2.35. The van der Waals surface area contributed by atoms with Crippen LogP contribution in [-0.2, 0) is 26.2 Å². The van der Waals surface area contributed by atoms with Crippen molar-refractivity contribution in [3.05, 3.63) is 54.1 Å². The lowest BCUT2D eigenvalue weighted by atomic mass is 10.1. The maximum atomic E-state index is 13.0. The summed E-state index contributed by atoms with van der Waals surface area (Å²) in [4.78, 5) is 1.63. The van der Waals surface area contributed by atoms with Gasteiger partial charge in [0.2, 0.25) is 20.0 Å². The number of halogens is 3. The van der Waals surface area contributed by atoms with Crippen molar-refractivity contribution in [2.75, 3.05) is 31.1 Å². The highest BCUT2D eigenvalue weighted by Gasteiger charge is 2.32. The average Bonchev–Trinajstić information content (AvgIpc) is 2.78. The summed E-state index contributed by atoms with van der Waals surface area (Å²) < 4.78 is 93.4. The van der Waals surface area contributed by atoms with Crippen LogP contribution in [0.3, 0.4) is 0 Å². The molecular formula is C21H26F3N3O4S2. The van der Waals surface area contributed by atoms with Crippen molar-refractivity contribution in [3.63, 3.8) is 0 Å². The van der Waals surface area contributed by atoms with Crippen LogP contribution in [0.25, 0.3) is 0 Å². The third-order valence-electron chi connectivity index (χ3n) is 5.52. The summed E-state index contributed by atoms with van der Waals surface area (Å²) in [5.41, 5.74) is -0.377. The molecule has 1 atom stereocenters. The molecule has 2 aromatic carbocycles. The highest BCUT2D eigenvalue weighted by Crippen LogP contribution is 2.32. The molecular weight excluding hydrogens is 479 g/mol. The molecule has 33 heavy (non-hydrogen) atoms. The molecule has 0 bridgehead atoms. The van der Waals surface area contributed by atoms with E-state index >= 15 is 0 Å². The largest absolute Gasteiger partial charge is 0.416 e. The van der Waals surface area contributed by atoms with Gasteiger partial charge >= 0.3 is 6.18 Å². The van der Waals surface area contributed by atoms with Crippen molar-refractivity contribution in [2.45, 2.75) is 42.3 Å². The number of benzene rings is 2. The normalized spacial score (nSPS) is 17.2. The SMILES string of the molecule is CCC(C)NS(=O)(=O)c1ccc(S(=O)(=O)N2CCN(c3cccc(C(F)(F)F)c3)CC2)cc1. The highest BCUT2D eigenvalue weighted by molar-refractivity contribution is 7.89. The van der Waals surface area contributed by atoms with E-state index in [2.05, 4.69) is 4.72 Å². The molecule has 0 aliphatic carbocycles. The van der Waals surface area contributed by atoms with Crippen LogP contribution in [0.2, 0.25) is 0 Å². The lowest BCUT2D eigenvalue weighted by Crippen LogP contribution is -2.48. The predicted molar refractivity (Wildman–Crippen MR) is 119 cm³/mol. The van der Waals surface area contributed by atoms with E-state index in [1.807, 2.05) is 6.92 Å². The Bertz CT molecular complexity index is 1180. The molecule has 182 valence electrons. The maximum Gasteiger partial charge on any atom is 0.416 e. The van der Waals surface area contributed by atoms with E-state index in [0.29, 0.717) is 12.1 Å². The summed E-state index contributed by atoms with van der Waals surface area (Å²) in [5.74, 6) is 0. The average molecular weight is 506 g/mol. The summed E-state index contributed by atoms with van der Waals surface area (Å²) in [6.07, 6.45) is -3.84. The Morgan fingerprint density at radius 2 is 1.52 bits per heavy atom. The van der Waals surface area contributed by atoms with Crippen molar-refractivity contribution >= 4 is 25.7 Å². The summed E-state index contributed by atoms with van der Waals surface area (Å²) in [6, 6.07) is 9.67. The fraction of sp³-hybridized carbons (Fsp3) is 0.429. The van der Waals surface area contributed by atoms with Crippen molar-refractivity contribution in [3.8, 4) is 0 Å². The van der Waals surface area contributed by atoms with Crippen molar-refractivity contribution < 1.29 is 30.0 Å². The first-order valence-electron chi connectivity index (χ1n) is 10.4. The number of anilines is 1. The zero-order chi connectivity index (χ0) is 24.4. The molecule has 1 heterocycles. The molecule has 0 radical (unpaired) electrons. The minimum atomic E-state index is -4.45. The first kappa shape index (κ1) is 25.5. The molecule has 1 aliphatic heterocycles. The van der Waals surface area contributed by atoms with Crippen LogP contribution in [-0.4, -0.2) is 53.4 Å². The van der Waals surface area contributed by atoms with Crippen LogP contribution in [0.4, 0.5) is 18.9 Å². The summed E-state index contributed by atoms with van der Waals surface area (Å²) >= 11 is 0. The van der Waals surface area contributed by atoms with E-state index in [1.165, 1.54) is 34.6 Å². The number of hydrogen-bond donors (Lipinski definition) is 1. The molecule has 0 saturated carbocycles. The number of piperazine rings is 1. The van der Waals surface area contributed by atoms with Gasteiger partial charge in [0.1, 0.15) is 0 Å². The standard InChI is InChI=1S/C21H26F3N3O4S2/c1-3-16(2)25-32(28,29)19-7-9-20(10-8-19)33(30,31)27-13-11-26(12-14-27)18-6-4-5-17(15-18)21(22,23)24/h4-10,15-16,25H,3,11-14H2,1-2H3. The predicted octanol–water partition coefficient (Wildman–Crippen LogP) is 3.29. The first-order chi connectivity index (χ1) is 15.3. The number of sulfonamides is 2. The van der Waals surface area contributed by atoms with Crippen LogP contribution in [0.5, 0.6) is 0 Å². The Hall–Kier alpha value is -2.15. The van der Waals surface area contributed by atoms with Gasteiger partial charge in [-0.3, -0.25) is 0 Å². The second kappa shape index (κ2) is 9.61. The Labute approximate surface area is 192 Å². The smallest absolute Gasteiger partial charge is 0.369 e. The molecule has 7 nitrogen and oxygen atoms in total.